The van der Waals surface area contributed by atoms with Crippen LogP contribution in [0.25, 0.3) is 0 Å². The summed E-state index contributed by atoms with van der Waals surface area (Å²) in [6.45, 7) is 3.65. The minimum atomic E-state index is -3.65. The molecule has 0 aliphatic rings. The second kappa shape index (κ2) is 6.19. The quantitative estimate of drug-likeness (QED) is 0.819. The van der Waals surface area contributed by atoms with Crippen molar-refractivity contribution in [2.24, 2.45) is 0 Å². The SMILES string of the molecule is CC(=O)c1cccc(S(=O)(=O)NC(C)Cn2ccnc2)c1. The summed E-state index contributed by atoms with van der Waals surface area (Å²) in [6.07, 6.45) is 5.03. The van der Waals surface area contributed by atoms with E-state index in [9.17, 15) is 13.2 Å². The Bertz CT molecular complexity index is 724. The number of imidazole rings is 1. The van der Waals surface area contributed by atoms with E-state index in [0.717, 1.165) is 0 Å². The summed E-state index contributed by atoms with van der Waals surface area (Å²) >= 11 is 0. The third-order valence-electron chi connectivity index (χ3n) is 2.95. The van der Waals surface area contributed by atoms with Gasteiger partial charge < -0.3 is 4.57 Å². The molecule has 1 heterocycles. The van der Waals surface area contributed by atoms with E-state index in [2.05, 4.69) is 9.71 Å². The van der Waals surface area contributed by atoms with Gasteiger partial charge in [0.25, 0.3) is 0 Å². The Labute approximate surface area is 123 Å². The Kier molecular flexibility index (Phi) is 4.54. The minimum Gasteiger partial charge on any atom is -0.336 e. The molecule has 1 atom stereocenters. The van der Waals surface area contributed by atoms with Gasteiger partial charge in [-0.2, -0.15) is 0 Å². The first kappa shape index (κ1) is 15.4. The summed E-state index contributed by atoms with van der Waals surface area (Å²) in [4.78, 5) is 15.3. The van der Waals surface area contributed by atoms with Gasteiger partial charge in [0, 0.05) is 30.5 Å². The number of carbonyl (C=O) groups excluding carboxylic acids is 1. The zero-order valence-corrected chi connectivity index (χ0v) is 12.7. The maximum absolute atomic E-state index is 12.3. The predicted molar refractivity (Wildman–Crippen MR) is 78.5 cm³/mol. The van der Waals surface area contributed by atoms with E-state index in [1.54, 1.807) is 42.3 Å². The van der Waals surface area contributed by atoms with E-state index in [1.807, 2.05) is 0 Å². The second-order valence-corrected chi connectivity index (χ2v) is 6.58. The molecule has 1 aromatic carbocycles. The molecule has 0 radical (unpaired) electrons. The molecule has 2 rings (SSSR count). The second-order valence-electron chi connectivity index (χ2n) is 4.87. The topological polar surface area (TPSA) is 81.1 Å². The van der Waals surface area contributed by atoms with Crippen LogP contribution in [0.1, 0.15) is 24.2 Å². The van der Waals surface area contributed by atoms with Crippen molar-refractivity contribution >= 4 is 15.8 Å². The summed E-state index contributed by atoms with van der Waals surface area (Å²) in [5, 5.41) is 0. The number of nitrogens with zero attached hydrogens (tertiary/aromatic N) is 2. The number of Topliss-reactive ketones (excluding diaryl/α,β-unsaturated/α-hetero) is 1. The van der Waals surface area contributed by atoms with Crippen molar-refractivity contribution in [1.29, 1.82) is 0 Å². The highest BCUT2D eigenvalue weighted by atomic mass is 32.2. The predicted octanol–water partition coefficient (Wildman–Crippen LogP) is 1.45. The van der Waals surface area contributed by atoms with Crippen molar-refractivity contribution in [1.82, 2.24) is 14.3 Å². The van der Waals surface area contributed by atoms with Gasteiger partial charge in [0.05, 0.1) is 11.2 Å². The van der Waals surface area contributed by atoms with Crippen LogP contribution in [0.2, 0.25) is 0 Å². The van der Waals surface area contributed by atoms with Crippen LogP contribution in [-0.2, 0) is 16.6 Å². The summed E-state index contributed by atoms with van der Waals surface area (Å²) in [6, 6.07) is 5.71. The fourth-order valence-electron chi connectivity index (χ4n) is 1.96. The lowest BCUT2D eigenvalue weighted by Crippen LogP contribution is -2.35. The molecule has 6 nitrogen and oxygen atoms in total. The van der Waals surface area contributed by atoms with E-state index in [0.29, 0.717) is 12.1 Å². The van der Waals surface area contributed by atoms with Crippen molar-refractivity contribution < 1.29 is 13.2 Å². The first-order chi connectivity index (χ1) is 9.88. The Morgan fingerprint density at radius 3 is 2.81 bits per heavy atom. The molecule has 0 aliphatic carbocycles. The number of hydrogen-bond donors (Lipinski definition) is 1. The van der Waals surface area contributed by atoms with Gasteiger partial charge in [-0.15, -0.1) is 0 Å². The molecule has 0 aliphatic heterocycles. The van der Waals surface area contributed by atoms with Gasteiger partial charge in [0.15, 0.2) is 5.78 Å². The fraction of sp³-hybridized carbons (Fsp3) is 0.286. The standard InChI is InChI=1S/C14H17N3O3S/c1-11(9-17-7-6-15-10-17)16-21(19,20)14-5-3-4-13(8-14)12(2)18/h3-8,10-11,16H,9H2,1-2H3. The normalized spacial score (nSPS) is 13.0. The van der Waals surface area contributed by atoms with Gasteiger partial charge in [-0.05, 0) is 26.0 Å². The summed E-state index contributed by atoms with van der Waals surface area (Å²) in [5.74, 6) is -0.168. The monoisotopic (exact) mass is 307 g/mol. The zero-order chi connectivity index (χ0) is 15.5. The van der Waals surface area contributed by atoms with Crippen molar-refractivity contribution in [3.05, 3.63) is 48.5 Å². The maximum Gasteiger partial charge on any atom is 0.240 e. The molecular formula is C14H17N3O3S. The van der Waals surface area contributed by atoms with Crippen LogP contribution < -0.4 is 4.72 Å². The number of aromatic nitrogens is 2. The molecule has 1 aromatic heterocycles. The molecule has 7 heteroatoms. The van der Waals surface area contributed by atoms with Crippen LogP contribution in [0, 0.1) is 0 Å². The van der Waals surface area contributed by atoms with Gasteiger partial charge >= 0.3 is 0 Å². The number of hydrogen-bond acceptors (Lipinski definition) is 4. The van der Waals surface area contributed by atoms with Gasteiger partial charge in [-0.1, -0.05) is 12.1 Å². The van der Waals surface area contributed by atoms with Crippen molar-refractivity contribution in [2.75, 3.05) is 0 Å². The zero-order valence-electron chi connectivity index (χ0n) is 11.9. The van der Waals surface area contributed by atoms with Crippen LogP contribution in [0.15, 0.2) is 47.9 Å². The molecule has 1 N–H and O–H groups in total. The van der Waals surface area contributed by atoms with Crippen molar-refractivity contribution in [2.45, 2.75) is 31.3 Å². The van der Waals surface area contributed by atoms with E-state index < -0.39 is 10.0 Å². The lowest BCUT2D eigenvalue weighted by atomic mass is 10.2. The van der Waals surface area contributed by atoms with E-state index in [4.69, 9.17) is 0 Å². The third-order valence-corrected chi connectivity index (χ3v) is 4.54. The largest absolute Gasteiger partial charge is 0.336 e. The van der Waals surface area contributed by atoms with Crippen LogP contribution in [0.4, 0.5) is 0 Å². The average Bonchev–Trinajstić information content (AvgIpc) is 2.91. The smallest absolute Gasteiger partial charge is 0.240 e. The Morgan fingerprint density at radius 2 is 2.19 bits per heavy atom. The van der Waals surface area contributed by atoms with Crippen molar-refractivity contribution in [3.63, 3.8) is 0 Å². The van der Waals surface area contributed by atoms with Crippen LogP contribution in [-0.4, -0.2) is 29.8 Å². The highest BCUT2D eigenvalue weighted by molar-refractivity contribution is 7.89. The molecule has 2 aromatic rings. The van der Waals surface area contributed by atoms with Gasteiger partial charge in [0.1, 0.15) is 0 Å². The van der Waals surface area contributed by atoms with Crippen LogP contribution in [0.5, 0.6) is 0 Å². The van der Waals surface area contributed by atoms with Gasteiger partial charge in [-0.3, -0.25) is 4.79 Å². The average molecular weight is 307 g/mol. The Hall–Kier alpha value is -1.99. The highest BCUT2D eigenvalue weighted by Crippen LogP contribution is 2.12. The van der Waals surface area contributed by atoms with Crippen LogP contribution >= 0.6 is 0 Å². The summed E-state index contributed by atoms with van der Waals surface area (Å²) in [5.41, 5.74) is 0.375. The number of ketones is 1. The lowest BCUT2D eigenvalue weighted by molar-refractivity contribution is 0.101. The molecule has 0 saturated heterocycles. The van der Waals surface area contributed by atoms with Gasteiger partial charge in [-0.25, -0.2) is 18.1 Å². The molecule has 0 amide bonds. The molecule has 0 bridgehead atoms. The van der Waals surface area contributed by atoms with Crippen LogP contribution in [0.3, 0.4) is 0 Å². The maximum atomic E-state index is 12.3. The number of benzene rings is 1. The molecule has 0 saturated carbocycles. The van der Waals surface area contributed by atoms with Gasteiger partial charge in [0.2, 0.25) is 10.0 Å². The minimum absolute atomic E-state index is 0.0904. The first-order valence-electron chi connectivity index (χ1n) is 6.47. The van der Waals surface area contributed by atoms with E-state index >= 15 is 0 Å². The number of sulfonamides is 1. The fourth-order valence-corrected chi connectivity index (χ4v) is 3.24. The lowest BCUT2D eigenvalue weighted by Gasteiger charge is -2.15. The molecular weight excluding hydrogens is 290 g/mol. The third kappa shape index (κ3) is 3.99. The van der Waals surface area contributed by atoms with E-state index in [-0.39, 0.29) is 16.7 Å². The number of nitrogens with one attached hydrogen (secondary N) is 1. The van der Waals surface area contributed by atoms with Crippen molar-refractivity contribution in [3.8, 4) is 0 Å². The molecule has 0 spiro atoms. The van der Waals surface area contributed by atoms with E-state index in [1.165, 1.54) is 19.1 Å². The molecule has 112 valence electrons. The first-order valence-corrected chi connectivity index (χ1v) is 7.96. The highest BCUT2D eigenvalue weighted by Gasteiger charge is 2.18. The molecule has 21 heavy (non-hydrogen) atoms. The Morgan fingerprint density at radius 1 is 1.43 bits per heavy atom. The number of carbonyl (C=O) groups is 1. The Balaban J connectivity index is 2.14. The molecule has 1 unspecified atom stereocenters. The number of rotatable bonds is 6. The summed E-state index contributed by atoms with van der Waals surface area (Å²) < 4.78 is 29.0. The molecule has 0 fully saturated rings. The summed E-state index contributed by atoms with van der Waals surface area (Å²) in [7, 11) is -3.65.